The lowest BCUT2D eigenvalue weighted by atomic mass is 9.94. The second-order valence-electron chi connectivity index (χ2n) is 4.44. The van der Waals surface area contributed by atoms with Gasteiger partial charge in [-0.2, -0.15) is 0 Å². The van der Waals surface area contributed by atoms with Crippen molar-refractivity contribution in [2.45, 2.75) is 45.2 Å². The lowest BCUT2D eigenvalue weighted by Gasteiger charge is -2.26. The Morgan fingerprint density at radius 3 is 2.81 bits per heavy atom. The van der Waals surface area contributed by atoms with Crippen molar-refractivity contribution in [1.29, 1.82) is 0 Å². The average molecular weight is 224 g/mol. The highest BCUT2D eigenvalue weighted by Crippen LogP contribution is 2.20. The normalized spacial score (nSPS) is 16.8. The maximum absolute atomic E-state index is 11.2. The van der Waals surface area contributed by atoms with E-state index < -0.39 is 11.4 Å². The van der Waals surface area contributed by atoms with Crippen LogP contribution in [0.2, 0.25) is 0 Å². The quantitative estimate of drug-likeness (QED) is 0.767. The zero-order valence-corrected chi connectivity index (χ0v) is 10.1. The zero-order chi connectivity index (χ0) is 12.3. The molecule has 4 N–H and O–H groups in total. The number of nitrogens with zero attached hydrogens (tertiary/aromatic N) is 2. The number of aryl methyl sites for hydroxylation is 1. The predicted molar refractivity (Wildman–Crippen MR) is 62.7 cm³/mol. The molecule has 1 aromatic rings. The number of hydrogen-bond acceptors (Lipinski definition) is 3. The molecule has 0 aliphatic heterocycles. The van der Waals surface area contributed by atoms with Crippen LogP contribution in [0.25, 0.3) is 0 Å². The maximum Gasteiger partial charge on any atom is 0.237 e. The molecule has 0 fully saturated rings. The van der Waals surface area contributed by atoms with E-state index in [0.29, 0.717) is 6.42 Å². The van der Waals surface area contributed by atoms with Crippen LogP contribution in [0.1, 0.15) is 39.1 Å². The Morgan fingerprint density at radius 1 is 1.69 bits per heavy atom. The van der Waals surface area contributed by atoms with Crippen molar-refractivity contribution in [3.63, 3.8) is 0 Å². The SMILES string of the molecule is CCc1nccn1C(C)CC(C)(N)C(N)=O. The zero-order valence-electron chi connectivity index (χ0n) is 10.1. The number of carbonyl (C=O) groups excluding carboxylic acids is 1. The van der Waals surface area contributed by atoms with Crippen LogP contribution in [-0.4, -0.2) is 21.0 Å². The molecule has 5 heteroatoms. The summed E-state index contributed by atoms with van der Waals surface area (Å²) in [6, 6.07) is 0.111. The first-order valence-corrected chi connectivity index (χ1v) is 5.49. The Labute approximate surface area is 95.8 Å². The second kappa shape index (κ2) is 4.65. The molecule has 90 valence electrons. The van der Waals surface area contributed by atoms with Gasteiger partial charge in [-0.15, -0.1) is 0 Å². The van der Waals surface area contributed by atoms with Gasteiger partial charge in [0.25, 0.3) is 0 Å². The third-order valence-electron chi connectivity index (χ3n) is 2.82. The van der Waals surface area contributed by atoms with Crippen LogP contribution in [0.15, 0.2) is 12.4 Å². The molecule has 1 aromatic heterocycles. The number of imidazole rings is 1. The molecule has 1 rings (SSSR count). The largest absolute Gasteiger partial charge is 0.368 e. The summed E-state index contributed by atoms with van der Waals surface area (Å²) in [6.07, 6.45) is 5.02. The molecule has 0 aromatic carbocycles. The summed E-state index contributed by atoms with van der Waals surface area (Å²) >= 11 is 0. The number of rotatable bonds is 5. The van der Waals surface area contributed by atoms with Gasteiger partial charge in [0.15, 0.2) is 0 Å². The summed E-state index contributed by atoms with van der Waals surface area (Å²) in [5, 5.41) is 0. The van der Waals surface area contributed by atoms with Gasteiger partial charge in [-0.05, 0) is 20.3 Å². The molecular weight excluding hydrogens is 204 g/mol. The molecule has 1 heterocycles. The van der Waals surface area contributed by atoms with Gasteiger partial charge in [0.05, 0.1) is 5.54 Å². The number of amides is 1. The Bertz CT molecular complexity index is 370. The molecule has 0 spiro atoms. The topological polar surface area (TPSA) is 86.9 Å². The van der Waals surface area contributed by atoms with Crippen LogP contribution in [0, 0.1) is 0 Å². The summed E-state index contributed by atoms with van der Waals surface area (Å²) in [4.78, 5) is 15.4. The fraction of sp³-hybridized carbons (Fsp3) is 0.636. The molecule has 0 saturated carbocycles. The molecule has 0 radical (unpaired) electrons. The summed E-state index contributed by atoms with van der Waals surface area (Å²) < 4.78 is 2.04. The summed E-state index contributed by atoms with van der Waals surface area (Å²) in [5.74, 6) is 0.519. The van der Waals surface area contributed by atoms with Crippen LogP contribution in [0.4, 0.5) is 0 Å². The third-order valence-corrected chi connectivity index (χ3v) is 2.82. The average Bonchev–Trinajstić information content (AvgIpc) is 2.64. The molecule has 1 amide bonds. The molecular formula is C11H20N4O. The van der Waals surface area contributed by atoms with Crippen LogP contribution in [0.3, 0.4) is 0 Å². The molecule has 0 aliphatic rings. The highest BCUT2D eigenvalue weighted by Gasteiger charge is 2.28. The second-order valence-corrected chi connectivity index (χ2v) is 4.44. The molecule has 2 atom stereocenters. The number of nitrogens with two attached hydrogens (primary N) is 2. The summed E-state index contributed by atoms with van der Waals surface area (Å²) in [6.45, 7) is 5.71. The van der Waals surface area contributed by atoms with E-state index in [1.165, 1.54) is 0 Å². The Kier molecular flexibility index (Phi) is 3.70. The maximum atomic E-state index is 11.2. The van der Waals surface area contributed by atoms with E-state index >= 15 is 0 Å². The van der Waals surface area contributed by atoms with E-state index in [4.69, 9.17) is 11.5 Å². The van der Waals surface area contributed by atoms with E-state index in [-0.39, 0.29) is 6.04 Å². The first-order chi connectivity index (χ1) is 7.38. The standard InChI is InChI=1S/C11H20N4O/c1-4-9-14-5-6-15(9)8(2)7-11(3,13)10(12)16/h5-6,8H,4,7,13H2,1-3H3,(H2,12,16). The molecule has 0 saturated heterocycles. The fourth-order valence-electron chi connectivity index (χ4n) is 1.83. The first-order valence-electron chi connectivity index (χ1n) is 5.49. The van der Waals surface area contributed by atoms with Crippen LogP contribution >= 0.6 is 0 Å². The van der Waals surface area contributed by atoms with E-state index in [0.717, 1.165) is 12.2 Å². The van der Waals surface area contributed by atoms with Crippen LogP contribution < -0.4 is 11.5 Å². The van der Waals surface area contributed by atoms with Gasteiger partial charge in [-0.1, -0.05) is 6.92 Å². The minimum Gasteiger partial charge on any atom is -0.368 e. The highest BCUT2D eigenvalue weighted by molar-refractivity contribution is 5.83. The molecule has 0 bridgehead atoms. The van der Waals surface area contributed by atoms with Gasteiger partial charge >= 0.3 is 0 Å². The summed E-state index contributed by atoms with van der Waals surface area (Å²) in [7, 11) is 0. The van der Waals surface area contributed by atoms with E-state index in [9.17, 15) is 4.79 Å². The molecule has 2 unspecified atom stereocenters. The van der Waals surface area contributed by atoms with Gasteiger partial charge in [0.2, 0.25) is 5.91 Å². The van der Waals surface area contributed by atoms with Crippen molar-refractivity contribution in [2.75, 3.05) is 0 Å². The number of carbonyl (C=O) groups is 1. The monoisotopic (exact) mass is 224 g/mol. The van der Waals surface area contributed by atoms with Crippen molar-refractivity contribution in [3.05, 3.63) is 18.2 Å². The minimum absolute atomic E-state index is 0.111. The van der Waals surface area contributed by atoms with Gasteiger partial charge < -0.3 is 16.0 Å². The van der Waals surface area contributed by atoms with E-state index in [1.54, 1.807) is 13.1 Å². The van der Waals surface area contributed by atoms with Crippen molar-refractivity contribution < 1.29 is 4.79 Å². The number of hydrogen-bond donors (Lipinski definition) is 2. The van der Waals surface area contributed by atoms with E-state index in [1.807, 2.05) is 24.6 Å². The van der Waals surface area contributed by atoms with Crippen molar-refractivity contribution >= 4 is 5.91 Å². The lowest BCUT2D eigenvalue weighted by Crippen LogP contribution is -2.50. The van der Waals surface area contributed by atoms with Gasteiger partial charge in [-0.25, -0.2) is 4.98 Å². The first kappa shape index (κ1) is 12.7. The van der Waals surface area contributed by atoms with Crippen LogP contribution in [0.5, 0.6) is 0 Å². The smallest absolute Gasteiger partial charge is 0.237 e. The number of aromatic nitrogens is 2. The van der Waals surface area contributed by atoms with Crippen molar-refractivity contribution in [1.82, 2.24) is 9.55 Å². The van der Waals surface area contributed by atoms with Crippen molar-refractivity contribution in [2.24, 2.45) is 11.5 Å². The Hall–Kier alpha value is -1.36. The van der Waals surface area contributed by atoms with Gasteiger partial charge in [-0.3, -0.25) is 4.79 Å². The minimum atomic E-state index is -0.977. The molecule has 16 heavy (non-hydrogen) atoms. The fourth-order valence-corrected chi connectivity index (χ4v) is 1.83. The van der Waals surface area contributed by atoms with Crippen molar-refractivity contribution in [3.8, 4) is 0 Å². The lowest BCUT2D eigenvalue weighted by molar-refractivity contribution is -0.123. The predicted octanol–water partition coefficient (Wildman–Crippen LogP) is 0.599. The highest BCUT2D eigenvalue weighted by atomic mass is 16.1. The summed E-state index contributed by atoms with van der Waals surface area (Å²) in [5.41, 5.74) is 10.1. The Morgan fingerprint density at radius 2 is 2.31 bits per heavy atom. The molecule has 5 nitrogen and oxygen atoms in total. The third kappa shape index (κ3) is 2.61. The Balaban J connectivity index is 2.80. The number of primary amides is 1. The molecule has 0 aliphatic carbocycles. The van der Waals surface area contributed by atoms with Gasteiger partial charge in [0.1, 0.15) is 5.82 Å². The van der Waals surface area contributed by atoms with E-state index in [2.05, 4.69) is 4.98 Å². The van der Waals surface area contributed by atoms with Crippen LogP contribution in [-0.2, 0) is 11.2 Å². The van der Waals surface area contributed by atoms with Gasteiger partial charge in [0, 0.05) is 24.9 Å².